The Morgan fingerprint density at radius 2 is 1.52 bits per heavy atom. The Morgan fingerprint density at radius 3 is 2.20 bits per heavy atom. The van der Waals surface area contributed by atoms with Crippen molar-refractivity contribution in [3.05, 3.63) is 65.5 Å². The molecule has 0 radical (unpaired) electrons. The summed E-state index contributed by atoms with van der Waals surface area (Å²) in [4.78, 5) is 8.95. The second-order valence-corrected chi connectivity index (χ2v) is 5.91. The maximum atomic E-state index is 5.18. The van der Waals surface area contributed by atoms with Crippen molar-refractivity contribution < 1.29 is 4.74 Å². The Labute approximate surface area is 148 Å². The lowest BCUT2D eigenvalue weighted by Gasteiger charge is -2.13. The van der Waals surface area contributed by atoms with Gasteiger partial charge in [0.05, 0.1) is 7.11 Å². The van der Waals surface area contributed by atoms with Crippen LogP contribution in [0.15, 0.2) is 48.5 Å². The minimum atomic E-state index is 0.700. The number of ether oxygens (including phenoxy) is 1. The van der Waals surface area contributed by atoms with Crippen LogP contribution in [0.1, 0.15) is 17.0 Å². The number of hydrogen-bond acceptors (Lipinski definition) is 5. The summed E-state index contributed by atoms with van der Waals surface area (Å²) >= 11 is 0. The number of rotatable bonds is 5. The Kier molecular flexibility index (Phi) is 4.84. The highest BCUT2D eigenvalue weighted by Gasteiger charge is 2.06. The molecule has 0 aliphatic heterocycles. The van der Waals surface area contributed by atoms with Crippen molar-refractivity contribution in [1.82, 2.24) is 9.97 Å². The molecule has 0 amide bonds. The SMILES string of the molecule is COc1ccc(Nc2cc(Nc3cccc(C)c3C)nc(C)n2)cc1. The highest BCUT2D eigenvalue weighted by Crippen LogP contribution is 2.24. The van der Waals surface area contributed by atoms with E-state index in [1.807, 2.05) is 43.3 Å². The number of hydrogen-bond donors (Lipinski definition) is 2. The predicted molar refractivity (Wildman–Crippen MR) is 102 cm³/mol. The van der Waals surface area contributed by atoms with Gasteiger partial charge in [-0.15, -0.1) is 0 Å². The van der Waals surface area contributed by atoms with Gasteiger partial charge < -0.3 is 15.4 Å². The van der Waals surface area contributed by atoms with E-state index in [1.54, 1.807) is 7.11 Å². The van der Waals surface area contributed by atoms with Gasteiger partial charge in [0.25, 0.3) is 0 Å². The fourth-order valence-electron chi connectivity index (χ4n) is 2.54. The average Bonchev–Trinajstić information content (AvgIpc) is 2.59. The van der Waals surface area contributed by atoms with Crippen LogP contribution >= 0.6 is 0 Å². The van der Waals surface area contributed by atoms with Gasteiger partial charge in [-0.05, 0) is 62.2 Å². The normalized spacial score (nSPS) is 10.4. The molecule has 0 fully saturated rings. The highest BCUT2D eigenvalue weighted by molar-refractivity contribution is 5.66. The van der Waals surface area contributed by atoms with Crippen LogP contribution in [0.4, 0.5) is 23.0 Å². The van der Waals surface area contributed by atoms with Gasteiger partial charge in [0.2, 0.25) is 0 Å². The van der Waals surface area contributed by atoms with Crippen molar-refractivity contribution in [3.63, 3.8) is 0 Å². The smallest absolute Gasteiger partial charge is 0.136 e. The quantitative estimate of drug-likeness (QED) is 0.695. The van der Waals surface area contributed by atoms with E-state index in [4.69, 9.17) is 4.74 Å². The first-order valence-corrected chi connectivity index (χ1v) is 8.15. The van der Waals surface area contributed by atoms with Gasteiger partial charge >= 0.3 is 0 Å². The zero-order valence-corrected chi connectivity index (χ0v) is 14.9. The van der Waals surface area contributed by atoms with Crippen molar-refractivity contribution in [2.24, 2.45) is 0 Å². The molecule has 128 valence electrons. The summed E-state index contributed by atoms with van der Waals surface area (Å²) in [7, 11) is 1.65. The topological polar surface area (TPSA) is 59.1 Å². The van der Waals surface area contributed by atoms with Crippen LogP contribution in [0.3, 0.4) is 0 Å². The third kappa shape index (κ3) is 4.07. The van der Waals surface area contributed by atoms with E-state index in [1.165, 1.54) is 11.1 Å². The van der Waals surface area contributed by atoms with Gasteiger partial charge in [-0.3, -0.25) is 0 Å². The van der Waals surface area contributed by atoms with Crippen molar-refractivity contribution in [1.29, 1.82) is 0 Å². The molecule has 5 heteroatoms. The number of benzene rings is 2. The third-order valence-corrected chi connectivity index (χ3v) is 4.07. The zero-order valence-electron chi connectivity index (χ0n) is 14.9. The predicted octanol–water partition coefficient (Wildman–Crippen LogP) is 4.90. The number of aromatic nitrogens is 2. The molecule has 0 aliphatic carbocycles. The Balaban J connectivity index is 1.83. The van der Waals surface area contributed by atoms with E-state index in [-0.39, 0.29) is 0 Å². The molecule has 3 aromatic rings. The first-order valence-electron chi connectivity index (χ1n) is 8.15. The van der Waals surface area contributed by atoms with Gasteiger partial charge in [0.1, 0.15) is 23.2 Å². The summed E-state index contributed by atoms with van der Waals surface area (Å²) in [5.74, 6) is 3.02. The van der Waals surface area contributed by atoms with Crippen molar-refractivity contribution in [2.75, 3.05) is 17.7 Å². The molecule has 2 N–H and O–H groups in total. The maximum absolute atomic E-state index is 5.18. The summed E-state index contributed by atoms with van der Waals surface area (Å²) in [6.07, 6.45) is 0. The van der Waals surface area contributed by atoms with E-state index in [0.717, 1.165) is 28.8 Å². The fraction of sp³-hybridized carbons (Fsp3) is 0.200. The lowest BCUT2D eigenvalue weighted by molar-refractivity contribution is 0.415. The van der Waals surface area contributed by atoms with E-state index in [9.17, 15) is 0 Å². The molecule has 0 atom stereocenters. The second kappa shape index (κ2) is 7.21. The molecule has 3 rings (SSSR count). The summed E-state index contributed by atoms with van der Waals surface area (Å²) in [6, 6.07) is 15.8. The van der Waals surface area contributed by atoms with Crippen LogP contribution in [0.2, 0.25) is 0 Å². The first-order chi connectivity index (χ1) is 12.0. The lowest BCUT2D eigenvalue weighted by atomic mass is 10.1. The molecule has 25 heavy (non-hydrogen) atoms. The number of anilines is 4. The maximum Gasteiger partial charge on any atom is 0.136 e. The number of nitrogens with zero attached hydrogens (tertiary/aromatic N) is 2. The summed E-state index contributed by atoms with van der Waals surface area (Å²) < 4.78 is 5.18. The van der Waals surface area contributed by atoms with Crippen LogP contribution in [0.25, 0.3) is 0 Å². The Morgan fingerprint density at radius 1 is 0.840 bits per heavy atom. The third-order valence-electron chi connectivity index (χ3n) is 4.07. The Bertz CT molecular complexity index is 875. The van der Waals surface area contributed by atoms with E-state index < -0.39 is 0 Å². The van der Waals surface area contributed by atoms with Crippen molar-refractivity contribution >= 4 is 23.0 Å². The molecule has 0 bridgehead atoms. The van der Waals surface area contributed by atoms with E-state index in [0.29, 0.717) is 5.82 Å². The molecule has 0 aliphatic rings. The van der Waals surface area contributed by atoms with Gasteiger partial charge in [-0.25, -0.2) is 9.97 Å². The van der Waals surface area contributed by atoms with E-state index in [2.05, 4.69) is 46.6 Å². The number of nitrogens with one attached hydrogen (secondary N) is 2. The standard InChI is InChI=1S/C20H22N4O/c1-13-6-5-7-18(14(13)2)24-20-12-19(21-15(3)22-20)23-16-8-10-17(25-4)11-9-16/h5-12H,1-4H3,(H2,21,22,23,24). The van der Waals surface area contributed by atoms with Gasteiger partial charge in [-0.1, -0.05) is 12.1 Å². The molecule has 1 aromatic heterocycles. The minimum absolute atomic E-state index is 0.700. The number of aryl methyl sites for hydroxylation is 2. The Hall–Kier alpha value is -3.08. The molecule has 1 heterocycles. The zero-order chi connectivity index (χ0) is 17.8. The highest BCUT2D eigenvalue weighted by atomic mass is 16.5. The summed E-state index contributed by atoms with van der Waals surface area (Å²) in [5.41, 5.74) is 4.45. The van der Waals surface area contributed by atoms with Crippen molar-refractivity contribution in [3.8, 4) is 5.75 Å². The van der Waals surface area contributed by atoms with Crippen molar-refractivity contribution in [2.45, 2.75) is 20.8 Å². The van der Waals surface area contributed by atoms with Crippen LogP contribution in [-0.4, -0.2) is 17.1 Å². The molecular formula is C20H22N4O. The van der Waals surface area contributed by atoms with Gasteiger partial charge in [0.15, 0.2) is 0 Å². The van der Waals surface area contributed by atoms with Crippen LogP contribution in [0.5, 0.6) is 5.75 Å². The van der Waals surface area contributed by atoms with E-state index >= 15 is 0 Å². The minimum Gasteiger partial charge on any atom is -0.497 e. The molecule has 0 saturated heterocycles. The fourth-order valence-corrected chi connectivity index (χ4v) is 2.54. The summed E-state index contributed by atoms with van der Waals surface area (Å²) in [5, 5.41) is 6.69. The average molecular weight is 334 g/mol. The monoisotopic (exact) mass is 334 g/mol. The summed E-state index contributed by atoms with van der Waals surface area (Å²) in [6.45, 7) is 6.08. The second-order valence-electron chi connectivity index (χ2n) is 5.91. The number of methoxy groups -OCH3 is 1. The van der Waals surface area contributed by atoms with Crippen LogP contribution in [0, 0.1) is 20.8 Å². The van der Waals surface area contributed by atoms with Crippen LogP contribution in [-0.2, 0) is 0 Å². The molecular weight excluding hydrogens is 312 g/mol. The van der Waals surface area contributed by atoms with Gasteiger partial charge in [-0.2, -0.15) is 0 Å². The molecule has 5 nitrogen and oxygen atoms in total. The largest absolute Gasteiger partial charge is 0.497 e. The lowest BCUT2D eigenvalue weighted by Crippen LogP contribution is -2.02. The van der Waals surface area contributed by atoms with Gasteiger partial charge in [0, 0.05) is 17.4 Å². The molecule has 2 aromatic carbocycles. The molecule has 0 unspecified atom stereocenters. The first kappa shape index (κ1) is 16.8. The van der Waals surface area contributed by atoms with Crippen LogP contribution < -0.4 is 15.4 Å². The molecule has 0 saturated carbocycles. The molecule has 0 spiro atoms.